The number of nitrogens with one attached hydrogen (secondary N) is 1. The van der Waals surface area contributed by atoms with Crippen LogP contribution in [0.3, 0.4) is 0 Å². The van der Waals surface area contributed by atoms with Crippen LogP contribution in [0.5, 0.6) is 5.75 Å². The van der Waals surface area contributed by atoms with E-state index in [1.165, 1.54) is 0 Å². The summed E-state index contributed by atoms with van der Waals surface area (Å²) in [5.74, 6) is 0.587. The van der Waals surface area contributed by atoms with E-state index in [1.807, 2.05) is 6.92 Å². The summed E-state index contributed by atoms with van der Waals surface area (Å²) in [5, 5.41) is 3.86. The maximum atomic E-state index is 12.0. The Kier molecular flexibility index (Phi) is 4.55. The van der Waals surface area contributed by atoms with Crippen molar-refractivity contribution < 1.29 is 9.53 Å². The zero-order valence-electron chi connectivity index (χ0n) is 10.6. The van der Waals surface area contributed by atoms with E-state index in [2.05, 4.69) is 26.2 Å². The first kappa shape index (κ1) is 14.0. The molecular formula is C13H13BrN2O2S. The van der Waals surface area contributed by atoms with Crippen LogP contribution in [0.4, 0.5) is 0 Å². The summed E-state index contributed by atoms with van der Waals surface area (Å²) in [7, 11) is 1.59. The molecule has 0 spiro atoms. The normalized spacial score (nSPS) is 10.3. The third-order valence-electron chi connectivity index (χ3n) is 2.51. The molecule has 0 aliphatic heterocycles. The molecule has 0 aliphatic carbocycles. The molecule has 4 nitrogen and oxygen atoms in total. The number of benzene rings is 1. The minimum Gasteiger partial charge on any atom is -0.496 e. The minimum atomic E-state index is -0.116. The average molecular weight is 341 g/mol. The van der Waals surface area contributed by atoms with Gasteiger partial charge in [-0.05, 0) is 41.1 Å². The molecule has 2 aromatic rings. The number of carbonyl (C=O) groups excluding carboxylic acids is 1. The number of carbonyl (C=O) groups is 1. The van der Waals surface area contributed by atoms with Crippen LogP contribution in [0, 0.1) is 6.92 Å². The van der Waals surface area contributed by atoms with Crippen molar-refractivity contribution in [2.75, 3.05) is 7.11 Å². The number of rotatable bonds is 4. The van der Waals surface area contributed by atoms with Crippen LogP contribution in [0.2, 0.25) is 0 Å². The fourth-order valence-corrected chi connectivity index (χ4v) is 2.84. The van der Waals surface area contributed by atoms with Gasteiger partial charge in [0.2, 0.25) is 0 Å². The lowest BCUT2D eigenvalue weighted by atomic mass is 10.2. The third-order valence-corrected chi connectivity index (χ3v) is 4.04. The number of hydrogen-bond acceptors (Lipinski definition) is 4. The second-order valence-electron chi connectivity index (χ2n) is 3.88. The lowest BCUT2D eigenvalue weighted by Gasteiger charge is -2.06. The molecule has 1 amide bonds. The molecule has 0 unspecified atom stereocenters. The first-order valence-corrected chi connectivity index (χ1v) is 7.24. The summed E-state index contributed by atoms with van der Waals surface area (Å²) in [4.78, 5) is 17.2. The highest BCUT2D eigenvalue weighted by molar-refractivity contribution is 9.10. The zero-order chi connectivity index (χ0) is 13.8. The summed E-state index contributed by atoms with van der Waals surface area (Å²) in [6.07, 6.45) is 1.78. The van der Waals surface area contributed by atoms with E-state index in [1.54, 1.807) is 42.8 Å². The Morgan fingerprint density at radius 1 is 1.53 bits per heavy atom. The average Bonchev–Trinajstić information content (AvgIpc) is 2.81. The van der Waals surface area contributed by atoms with Crippen LogP contribution in [0.15, 0.2) is 28.9 Å². The van der Waals surface area contributed by atoms with Crippen LogP contribution >= 0.6 is 27.3 Å². The van der Waals surface area contributed by atoms with Crippen molar-refractivity contribution in [1.82, 2.24) is 10.3 Å². The van der Waals surface area contributed by atoms with Crippen LogP contribution in [0.1, 0.15) is 20.2 Å². The van der Waals surface area contributed by atoms with Gasteiger partial charge in [0.15, 0.2) is 0 Å². The Bertz CT molecular complexity index is 598. The first-order chi connectivity index (χ1) is 9.10. The fourth-order valence-electron chi connectivity index (χ4n) is 1.56. The van der Waals surface area contributed by atoms with Gasteiger partial charge in [-0.2, -0.15) is 0 Å². The molecule has 1 aromatic heterocycles. The SMILES string of the molecule is COc1ccc(C(=O)NCc2cnc(C)s2)cc1Br. The Labute approximate surface area is 124 Å². The molecule has 1 N–H and O–H groups in total. The molecule has 6 heteroatoms. The van der Waals surface area contributed by atoms with E-state index < -0.39 is 0 Å². The number of aromatic nitrogens is 1. The van der Waals surface area contributed by atoms with Crippen LogP contribution < -0.4 is 10.1 Å². The molecule has 2 rings (SSSR count). The van der Waals surface area contributed by atoms with Crippen molar-refractivity contribution >= 4 is 33.2 Å². The van der Waals surface area contributed by atoms with Crippen molar-refractivity contribution in [3.05, 3.63) is 44.3 Å². The van der Waals surface area contributed by atoms with E-state index in [9.17, 15) is 4.79 Å². The number of hydrogen-bond donors (Lipinski definition) is 1. The smallest absolute Gasteiger partial charge is 0.251 e. The van der Waals surface area contributed by atoms with Gasteiger partial charge in [-0.25, -0.2) is 4.98 Å². The van der Waals surface area contributed by atoms with Crippen LogP contribution in [-0.4, -0.2) is 18.0 Å². The Morgan fingerprint density at radius 3 is 2.89 bits per heavy atom. The molecule has 0 radical (unpaired) electrons. The Morgan fingerprint density at radius 2 is 2.32 bits per heavy atom. The molecule has 0 saturated carbocycles. The van der Waals surface area contributed by atoms with Crippen molar-refractivity contribution in [3.63, 3.8) is 0 Å². The molecule has 0 atom stereocenters. The van der Waals surface area contributed by atoms with Gasteiger partial charge >= 0.3 is 0 Å². The third kappa shape index (κ3) is 3.54. The standard InChI is InChI=1S/C13H13BrN2O2S/c1-8-15-6-10(19-8)7-16-13(17)9-3-4-12(18-2)11(14)5-9/h3-6H,7H2,1-2H3,(H,16,17). The predicted octanol–water partition coefficient (Wildman–Crippen LogP) is 3.15. The van der Waals surface area contributed by atoms with Crippen LogP contribution in [-0.2, 0) is 6.54 Å². The highest BCUT2D eigenvalue weighted by atomic mass is 79.9. The van der Waals surface area contributed by atoms with Crippen molar-refractivity contribution in [2.24, 2.45) is 0 Å². The fraction of sp³-hybridized carbons (Fsp3) is 0.231. The summed E-state index contributed by atoms with van der Waals surface area (Å²) in [6, 6.07) is 5.23. The number of thiazole rings is 1. The topological polar surface area (TPSA) is 51.2 Å². The molecule has 0 saturated heterocycles. The number of halogens is 1. The van der Waals surface area contributed by atoms with Gasteiger partial charge in [0, 0.05) is 16.6 Å². The van der Waals surface area contributed by atoms with Gasteiger partial charge in [0.25, 0.3) is 5.91 Å². The van der Waals surface area contributed by atoms with Gasteiger partial charge in [0.05, 0.1) is 23.1 Å². The molecule has 0 bridgehead atoms. The number of amides is 1. The number of aryl methyl sites for hydroxylation is 1. The van der Waals surface area contributed by atoms with Gasteiger partial charge < -0.3 is 10.1 Å². The van der Waals surface area contributed by atoms with E-state index in [-0.39, 0.29) is 5.91 Å². The lowest BCUT2D eigenvalue weighted by Crippen LogP contribution is -2.22. The number of ether oxygens (including phenoxy) is 1. The second-order valence-corrected chi connectivity index (χ2v) is 6.05. The summed E-state index contributed by atoms with van der Waals surface area (Å²) >= 11 is 4.94. The van der Waals surface area contributed by atoms with Gasteiger partial charge in [0.1, 0.15) is 5.75 Å². The number of nitrogens with zero attached hydrogens (tertiary/aromatic N) is 1. The van der Waals surface area contributed by atoms with Crippen LogP contribution in [0.25, 0.3) is 0 Å². The molecular weight excluding hydrogens is 328 g/mol. The molecule has 100 valence electrons. The van der Waals surface area contributed by atoms with E-state index >= 15 is 0 Å². The molecule has 19 heavy (non-hydrogen) atoms. The Hall–Kier alpha value is -1.40. The molecule has 0 aliphatic rings. The monoisotopic (exact) mass is 340 g/mol. The zero-order valence-corrected chi connectivity index (χ0v) is 13.0. The summed E-state index contributed by atoms with van der Waals surface area (Å²) in [5.41, 5.74) is 0.592. The summed E-state index contributed by atoms with van der Waals surface area (Å²) < 4.78 is 5.89. The van der Waals surface area contributed by atoms with E-state index in [0.717, 1.165) is 14.4 Å². The summed E-state index contributed by atoms with van der Waals surface area (Å²) in [6.45, 7) is 2.44. The van der Waals surface area contributed by atoms with E-state index in [0.29, 0.717) is 17.9 Å². The minimum absolute atomic E-state index is 0.116. The predicted molar refractivity (Wildman–Crippen MR) is 78.7 cm³/mol. The van der Waals surface area contributed by atoms with Gasteiger partial charge in [-0.15, -0.1) is 11.3 Å². The largest absolute Gasteiger partial charge is 0.496 e. The lowest BCUT2D eigenvalue weighted by molar-refractivity contribution is 0.0951. The van der Waals surface area contributed by atoms with Crippen molar-refractivity contribution in [3.8, 4) is 5.75 Å². The van der Waals surface area contributed by atoms with Gasteiger partial charge in [-0.3, -0.25) is 4.79 Å². The molecule has 0 fully saturated rings. The van der Waals surface area contributed by atoms with Crippen molar-refractivity contribution in [1.29, 1.82) is 0 Å². The van der Waals surface area contributed by atoms with Crippen molar-refractivity contribution in [2.45, 2.75) is 13.5 Å². The van der Waals surface area contributed by atoms with E-state index in [4.69, 9.17) is 4.74 Å². The van der Waals surface area contributed by atoms with Gasteiger partial charge in [-0.1, -0.05) is 0 Å². The number of methoxy groups -OCH3 is 1. The molecule has 1 aromatic carbocycles. The first-order valence-electron chi connectivity index (χ1n) is 5.63. The maximum absolute atomic E-state index is 12.0. The Balaban J connectivity index is 2.01. The maximum Gasteiger partial charge on any atom is 0.251 e. The highest BCUT2D eigenvalue weighted by Crippen LogP contribution is 2.25. The highest BCUT2D eigenvalue weighted by Gasteiger charge is 2.09. The quantitative estimate of drug-likeness (QED) is 0.929. The second kappa shape index (κ2) is 6.16. The molecule has 1 heterocycles.